The van der Waals surface area contributed by atoms with Gasteiger partial charge in [-0.2, -0.15) is 0 Å². The molecule has 2 heteroatoms. The Kier molecular flexibility index (Phi) is 2.64. The maximum atomic E-state index is 3.42. The third-order valence-electron chi connectivity index (χ3n) is 3.89. The Hall–Kier alpha value is -2.06. The zero-order chi connectivity index (χ0) is 13.5. The molecule has 0 amide bonds. The van der Waals surface area contributed by atoms with E-state index in [4.69, 9.17) is 0 Å². The average molecular weight is 277 g/mol. The largest absolute Gasteiger partial charge is 0.381 e. The van der Waals surface area contributed by atoms with E-state index >= 15 is 0 Å². The summed E-state index contributed by atoms with van der Waals surface area (Å²) in [7, 11) is 0. The van der Waals surface area contributed by atoms with Gasteiger partial charge in [-0.25, -0.2) is 0 Å². The van der Waals surface area contributed by atoms with Gasteiger partial charge in [-0.3, -0.25) is 0 Å². The van der Waals surface area contributed by atoms with Crippen LogP contribution in [0.5, 0.6) is 0 Å². The number of dihydropyridines is 1. The van der Waals surface area contributed by atoms with Crippen molar-refractivity contribution in [2.75, 3.05) is 0 Å². The molecule has 2 aromatic carbocycles. The molecule has 4 rings (SSSR count). The van der Waals surface area contributed by atoms with Crippen LogP contribution in [0.1, 0.15) is 17.2 Å². The number of rotatable bonds is 1. The molecular weight excluding hydrogens is 262 g/mol. The Morgan fingerprint density at radius 3 is 2.75 bits per heavy atom. The van der Waals surface area contributed by atoms with Crippen LogP contribution < -0.4 is 5.32 Å². The summed E-state index contributed by atoms with van der Waals surface area (Å²) in [6, 6.07) is 13.6. The van der Waals surface area contributed by atoms with E-state index in [0.717, 1.165) is 0 Å². The minimum Gasteiger partial charge on any atom is -0.381 e. The fourth-order valence-electron chi connectivity index (χ4n) is 2.86. The minimum atomic E-state index is 0.281. The number of allylic oxidation sites excluding steroid dienone is 2. The Balaban J connectivity index is 1.97. The average Bonchev–Trinajstić information content (AvgIpc) is 2.84. The molecule has 0 saturated carbocycles. The molecule has 0 spiro atoms. The van der Waals surface area contributed by atoms with Crippen LogP contribution in [-0.4, -0.2) is 0 Å². The summed E-state index contributed by atoms with van der Waals surface area (Å²) in [6.45, 7) is 2.20. The summed E-state index contributed by atoms with van der Waals surface area (Å²) >= 11 is 1.88. The van der Waals surface area contributed by atoms with Gasteiger partial charge < -0.3 is 5.32 Å². The van der Waals surface area contributed by atoms with E-state index in [1.165, 1.54) is 31.3 Å². The van der Waals surface area contributed by atoms with Gasteiger partial charge in [0.2, 0.25) is 0 Å². The molecule has 1 N–H and O–H groups in total. The van der Waals surface area contributed by atoms with E-state index in [0.29, 0.717) is 0 Å². The minimum absolute atomic E-state index is 0.281. The Morgan fingerprint density at radius 1 is 1.00 bits per heavy atom. The zero-order valence-electron chi connectivity index (χ0n) is 11.3. The maximum absolute atomic E-state index is 3.42. The van der Waals surface area contributed by atoms with E-state index < -0.39 is 0 Å². The molecule has 1 aliphatic rings. The second-order valence-electron chi connectivity index (χ2n) is 5.19. The van der Waals surface area contributed by atoms with Gasteiger partial charge in [-0.15, -0.1) is 11.3 Å². The van der Waals surface area contributed by atoms with Crippen LogP contribution in [0.3, 0.4) is 0 Å². The quantitative estimate of drug-likeness (QED) is 0.654. The van der Waals surface area contributed by atoms with Crippen molar-refractivity contribution in [2.45, 2.75) is 13.0 Å². The van der Waals surface area contributed by atoms with Crippen LogP contribution in [0.4, 0.5) is 0 Å². The SMILES string of the molecule is Cc1cc2sc3ccccc3c2cc1C1C=CC=CN1. The van der Waals surface area contributed by atoms with Gasteiger partial charge in [0, 0.05) is 20.2 Å². The van der Waals surface area contributed by atoms with E-state index in [1.54, 1.807) is 0 Å². The van der Waals surface area contributed by atoms with E-state index in [-0.39, 0.29) is 6.04 Å². The van der Waals surface area contributed by atoms with Crippen molar-refractivity contribution in [1.29, 1.82) is 0 Å². The molecule has 0 fully saturated rings. The van der Waals surface area contributed by atoms with Crippen LogP contribution in [0.15, 0.2) is 60.8 Å². The summed E-state index contributed by atoms with van der Waals surface area (Å²) < 4.78 is 2.74. The molecule has 0 radical (unpaired) electrons. The third kappa shape index (κ3) is 1.76. The van der Waals surface area contributed by atoms with Crippen molar-refractivity contribution in [3.8, 4) is 0 Å². The smallest absolute Gasteiger partial charge is 0.0698 e. The van der Waals surface area contributed by atoms with Crippen molar-refractivity contribution >= 4 is 31.5 Å². The van der Waals surface area contributed by atoms with Crippen molar-refractivity contribution in [3.63, 3.8) is 0 Å². The first-order valence-corrected chi connectivity index (χ1v) is 7.66. The van der Waals surface area contributed by atoms with Crippen molar-refractivity contribution < 1.29 is 0 Å². The fourth-order valence-corrected chi connectivity index (χ4v) is 4.05. The topological polar surface area (TPSA) is 12.0 Å². The Morgan fingerprint density at radius 2 is 1.90 bits per heavy atom. The van der Waals surface area contributed by atoms with Crippen LogP contribution in [0, 0.1) is 6.92 Å². The zero-order valence-corrected chi connectivity index (χ0v) is 12.1. The number of aryl methyl sites for hydroxylation is 1. The van der Waals surface area contributed by atoms with Crippen LogP contribution >= 0.6 is 11.3 Å². The molecule has 0 saturated heterocycles. The van der Waals surface area contributed by atoms with E-state index in [1.807, 2.05) is 23.6 Å². The van der Waals surface area contributed by atoms with E-state index in [2.05, 4.69) is 60.8 Å². The highest BCUT2D eigenvalue weighted by Gasteiger charge is 2.13. The molecule has 0 aliphatic carbocycles. The Bertz CT molecular complexity index is 854. The molecule has 98 valence electrons. The molecule has 0 bridgehead atoms. The summed E-state index contributed by atoms with van der Waals surface area (Å²) in [6.07, 6.45) is 8.36. The lowest BCUT2D eigenvalue weighted by Crippen LogP contribution is -2.15. The van der Waals surface area contributed by atoms with Gasteiger partial charge in [-0.1, -0.05) is 30.4 Å². The summed E-state index contributed by atoms with van der Waals surface area (Å²) in [5.41, 5.74) is 2.71. The van der Waals surface area contributed by atoms with Crippen LogP contribution in [0.25, 0.3) is 20.2 Å². The Labute approximate surface area is 122 Å². The van der Waals surface area contributed by atoms with Crippen molar-refractivity contribution in [2.24, 2.45) is 0 Å². The van der Waals surface area contributed by atoms with Gasteiger partial charge in [-0.05, 0) is 48.5 Å². The second-order valence-corrected chi connectivity index (χ2v) is 6.28. The first-order chi connectivity index (χ1) is 9.83. The fraction of sp³-hybridized carbons (Fsp3) is 0.111. The third-order valence-corrected chi connectivity index (χ3v) is 5.02. The maximum Gasteiger partial charge on any atom is 0.0698 e. The van der Waals surface area contributed by atoms with Crippen LogP contribution in [-0.2, 0) is 0 Å². The predicted molar refractivity (Wildman–Crippen MR) is 88.2 cm³/mol. The van der Waals surface area contributed by atoms with Gasteiger partial charge >= 0.3 is 0 Å². The van der Waals surface area contributed by atoms with Gasteiger partial charge in [0.15, 0.2) is 0 Å². The number of hydrogen-bond acceptors (Lipinski definition) is 2. The van der Waals surface area contributed by atoms with Crippen molar-refractivity contribution in [3.05, 3.63) is 72.0 Å². The lowest BCUT2D eigenvalue weighted by atomic mass is 9.97. The highest BCUT2D eigenvalue weighted by atomic mass is 32.1. The molecule has 2 heterocycles. The second kappa shape index (κ2) is 4.50. The van der Waals surface area contributed by atoms with Crippen LogP contribution in [0.2, 0.25) is 0 Å². The van der Waals surface area contributed by atoms with Crippen molar-refractivity contribution in [1.82, 2.24) is 5.32 Å². The summed E-state index contributed by atoms with van der Waals surface area (Å²) in [4.78, 5) is 0. The standard InChI is InChI=1S/C18H15NS/c1-12-10-18-15(13-6-2-3-8-17(13)20-18)11-14(12)16-7-4-5-9-19-16/h2-11,16,19H,1H3. The number of thiophene rings is 1. The molecule has 3 aromatic rings. The first kappa shape index (κ1) is 11.7. The summed E-state index contributed by atoms with van der Waals surface area (Å²) in [5, 5.41) is 6.15. The molecular formula is C18H15NS. The number of fused-ring (bicyclic) bond motifs is 3. The normalized spacial score (nSPS) is 17.8. The number of hydrogen-bond donors (Lipinski definition) is 1. The number of benzene rings is 2. The van der Waals surface area contributed by atoms with Gasteiger partial charge in [0.1, 0.15) is 0 Å². The van der Waals surface area contributed by atoms with Gasteiger partial charge in [0.05, 0.1) is 6.04 Å². The number of nitrogens with one attached hydrogen (secondary N) is 1. The molecule has 1 aromatic heterocycles. The van der Waals surface area contributed by atoms with E-state index in [9.17, 15) is 0 Å². The monoisotopic (exact) mass is 277 g/mol. The summed E-state index contributed by atoms with van der Waals surface area (Å²) in [5.74, 6) is 0. The molecule has 1 aliphatic heterocycles. The lowest BCUT2D eigenvalue weighted by molar-refractivity contribution is 0.742. The first-order valence-electron chi connectivity index (χ1n) is 6.84. The lowest BCUT2D eigenvalue weighted by Gasteiger charge is -2.18. The molecule has 1 nitrogen and oxygen atoms in total. The molecule has 1 atom stereocenters. The highest BCUT2D eigenvalue weighted by Crippen LogP contribution is 2.36. The molecule has 20 heavy (non-hydrogen) atoms. The highest BCUT2D eigenvalue weighted by molar-refractivity contribution is 7.25. The van der Waals surface area contributed by atoms with Gasteiger partial charge in [0.25, 0.3) is 0 Å². The molecule has 1 unspecified atom stereocenters. The predicted octanol–water partition coefficient (Wildman–Crippen LogP) is 5.08.